The van der Waals surface area contributed by atoms with Crippen LogP contribution in [0.2, 0.25) is 0 Å². The molecule has 0 spiro atoms. The van der Waals surface area contributed by atoms with Crippen LogP contribution < -0.4 is 16.6 Å². The van der Waals surface area contributed by atoms with Gasteiger partial charge in [0.15, 0.2) is 17.2 Å². The maximum Gasteiger partial charge on any atom is 0.328 e. The first-order chi connectivity index (χ1) is 9.92. The number of carboxylic acid groups (broad SMARTS) is 1. The minimum absolute atomic E-state index is 0.113. The summed E-state index contributed by atoms with van der Waals surface area (Å²) in [6.07, 6.45) is 0.987. The number of carbonyl (C=O) groups excluding carboxylic acids is 1. The molecule has 2 heterocycles. The number of fused-ring (bicyclic) bond motifs is 1. The summed E-state index contributed by atoms with van der Waals surface area (Å²) in [6, 6.07) is -1.48. The second kappa shape index (κ2) is 5.50. The first-order valence-corrected chi connectivity index (χ1v) is 5.59. The van der Waals surface area contributed by atoms with Gasteiger partial charge in [0.1, 0.15) is 5.69 Å². The van der Waals surface area contributed by atoms with E-state index in [2.05, 4.69) is 19.9 Å². The lowest BCUT2D eigenvalue weighted by Crippen LogP contribution is -2.43. The molecule has 0 aromatic carbocycles. The highest BCUT2D eigenvalue weighted by molar-refractivity contribution is 5.95. The first kappa shape index (κ1) is 14.3. The summed E-state index contributed by atoms with van der Waals surface area (Å²) in [5, 5.41) is 19.6. The highest BCUT2D eigenvalue weighted by Gasteiger charge is 2.21. The number of aliphatic hydroxyl groups excluding tert-OH is 1. The number of nitrogens with zero attached hydrogens (tertiary/aromatic N) is 3. The van der Waals surface area contributed by atoms with E-state index in [0.717, 1.165) is 6.20 Å². The van der Waals surface area contributed by atoms with Gasteiger partial charge in [-0.05, 0) is 0 Å². The second-order valence-corrected chi connectivity index (χ2v) is 3.93. The molecule has 2 rings (SSSR count). The van der Waals surface area contributed by atoms with Crippen LogP contribution in [0.5, 0.6) is 0 Å². The van der Waals surface area contributed by atoms with Gasteiger partial charge >= 0.3 is 5.97 Å². The van der Waals surface area contributed by atoms with Crippen LogP contribution in [0.15, 0.2) is 11.0 Å². The molecule has 0 unspecified atom stereocenters. The lowest BCUT2D eigenvalue weighted by Gasteiger charge is -2.10. The van der Waals surface area contributed by atoms with Crippen molar-refractivity contribution in [2.75, 3.05) is 12.3 Å². The Morgan fingerprint density at radius 1 is 1.43 bits per heavy atom. The number of aliphatic hydroxyl groups is 1. The molecule has 11 heteroatoms. The third kappa shape index (κ3) is 2.92. The topological polar surface area (TPSA) is 184 Å². The molecule has 2 aromatic heterocycles. The Kier molecular flexibility index (Phi) is 3.75. The highest BCUT2D eigenvalue weighted by atomic mass is 16.4. The van der Waals surface area contributed by atoms with Gasteiger partial charge in [-0.2, -0.15) is 4.98 Å². The molecule has 1 atom stereocenters. The highest BCUT2D eigenvalue weighted by Crippen LogP contribution is 2.03. The van der Waals surface area contributed by atoms with Gasteiger partial charge in [-0.1, -0.05) is 0 Å². The number of aromatic amines is 1. The Bertz CT molecular complexity index is 772. The maximum absolute atomic E-state index is 11.8. The van der Waals surface area contributed by atoms with E-state index in [4.69, 9.17) is 15.9 Å². The van der Waals surface area contributed by atoms with Crippen LogP contribution in [0.25, 0.3) is 11.2 Å². The lowest BCUT2D eigenvalue weighted by molar-refractivity contribution is -0.140. The molecule has 11 nitrogen and oxygen atoms in total. The van der Waals surface area contributed by atoms with Crippen LogP contribution in [0.3, 0.4) is 0 Å². The van der Waals surface area contributed by atoms with E-state index < -0.39 is 30.1 Å². The number of anilines is 1. The van der Waals surface area contributed by atoms with E-state index in [-0.39, 0.29) is 22.8 Å². The van der Waals surface area contributed by atoms with Gasteiger partial charge < -0.3 is 21.3 Å². The Labute approximate surface area is 115 Å². The SMILES string of the molecule is Nc1nc2nc(C(=O)N[C@@H](CO)C(=O)O)cnc2c(=O)[nH]1. The van der Waals surface area contributed by atoms with Gasteiger partial charge in [0.2, 0.25) is 5.95 Å². The number of H-pyrrole nitrogens is 1. The fraction of sp³-hybridized carbons (Fsp3) is 0.200. The van der Waals surface area contributed by atoms with Gasteiger partial charge in [-0.25, -0.2) is 14.8 Å². The zero-order valence-electron chi connectivity index (χ0n) is 10.4. The summed E-state index contributed by atoms with van der Waals surface area (Å²) in [5.41, 5.74) is 4.20. The summed E-state index contributed by atoms with van der Waals surface area (Å²) >= 11 is 0. The van der Waals surface area contributed by atoms with Gasteiger partial charge in [-0.3, -0.25) is 14.6 Å². The molecule has 0 radical (unpaired) electrons. The summed E-state index contributed by atoms with van der Waals surface area (Å²) in [4.78, 5) is 47.5. The molecule has 0 fully saturated rings. The van der Waals surface area contributed by atoms with Crippen LogP contribution in [0.4, 0.5) is 5.95 Å². The van der Waals surface area contributed by atoms with Crippen molar-refractivity contribution in [3.63, 3.8) is 0 Å². The number of hydrogen-bond donors (Lipinski definition) is 5. The number of nitrogens with two attached hydrogens (primary N) is 1. The van der Waals surface area contributed by atoms with Gasteiger partial charge in [0.05, 0.1) is 12.8 Å². The Morgan fingerprint density at radius 3 is 2.76 bits per heavy atom. The molecule has 0 saturated heterocycles. The van der Waals surface area contributed by atoms with Crippen molar-refractivity contribution in [1.29, 1.82) is 0 Å². The molecule has 0 aliphatic rings. The molecule has 2 aromatic rings. The van der Waals surface area contributed by atoms with Crippen molar-refractivity contribution in [3.05, 3.63) is 22.2 Å². The van der Waals surface area contributed by atoms with Crippen LogP contribution in [0, 0.1) is 0 Å². The number of carbonyl (C=O) groups is 2. The van der Waals surface area contributed by atoms with E-state index in [1.807, 2.05) is 5.32 Å². The van der Waals surface area contributed by atoms with E-state index in [0.29, 0.717) is 0 Å². The maximum atomic E-state index is 11.8. The van der Waals surface area contributed by atoms with Crippen LogP contribution in [-0.2, 0) is 4.79 Å². The monoisotopic (exact) mass is 294 g/mol. The largest absolute Gasteiger partial charge is 0.480 e. The average Bonchev–Trinajstić information content (AvgIpc) is 2.43. The molecule has 0 aliphatic carbocycles. The number of rotatable bonds is 4. The lowest BCUT2D eigenvalue weighted by atomic mass is 10.3. The number of aliphatic carboxylic acids is 1. The Balaban J connectivity index is 2.36. The molecule has 0 aliphatic heterocycles. The smallest absolute Gasteiger partial charge is 0.328 e. The third-order valence-electron chi connectivity index (χ3n) is 2.46. The minimum atomic E-state index is -1.48. The predicted molar refractivity (Wildman–Crippen MR) is 68.3 cm³/mol. The zero-order valence-corrected chi connectivity index (χ0v) is 10.4. The minimum Gasteiger partial charge on any atom is -0.480 e. The fourth-order valence-corrected chi connectivity index (χ4v) is 1.46. The fourth-order valence-electron chi connectivity index (χ4n) is 1.46. The molecule has 21 heavy (non-hydrogen) atoms. The molecular weight excluding hydrogens is 284 g/mol. The molecular formula is C10H10N6O5. The third-order valence-corrected chi connectivity index (χ3v) is 2.46. The summed E-state index contributed by atoms with van der Waals surface area (Å²) in [5.74, 6) is -2.48. The number of hydrogen-bond acceptors (Lipinski definition) is 8. The van der Waals surface area contributed by atoms with E-state index in [1.54, 1.807) is 0 Å². The van der Waals surface area contributed by atoms with Crippen LogP contribution >= 0.6 is 0 Å². The van der Waals surface area contributed by atoms with E-state index in [9.17, 15) is 14.4 Å². The van der Waals surface area contributed by atoms with Crippen molar-refractivity contribution in [2.45, 2.75) is 6.04 Å². The Morgan fingerprint density at radius 2 is 2.14 bits per heavy atom. The van der Waals surface area contributed by atoms with Crippen molar-refractivity contribution in [2.24, 2.45) is 0 Å². The normalized spacial score (nSPS) is 12.0. The van der Waals surface area contributed by atoms with E-state index in [1.165, 1.54) is 0 Å². The summed E-state index contributed by atoms with van der Waals surface area (Å²) in [6.45, 7) is -0.785. The number of nitrogen functional groups attached to an aromatic ring is 1. The predicted octanol–water partition coefficient (Wildman–Crippen LogP) is -2.53. The Hall–Kier alpha value is -3.08. The summed E-state index contributed by atoms with van der Waals surface area (Å²) in [7, 11) is 0. The van der Waals surface area contributed by atoms with Crippen molar-refractivity contribution >= 4 is 29.0 Å². The molecule has 0 bridgehead atoms. The van der Waals surface area contributed by atoms with Gasteiger partial charge in [0, 0.05) is 0 Å². The number of aromatic nitrogens is 4. The van der Waals surface area contributed by atoms with Crippen molar-refractivity contribution in [1.82, 2.24) is 25.3 Å². The number of carboxylic acids is 1. The zero-order chi connectivity index (χ0) is 15.6. The molecule has 6 N–H and O–H groups in total. The van der Waals surface area contributed by atoms with Crippen molar-refractivity contribution < 1.29 is 19.8 Å². The van der Waals surface area contributed by atoms with Gasteiger partial charge in [0.25, 0.3) is 11.5 Å². The standard InChI is InChI=1S/C10H10N6O5/c11-10-15-6-5(8(19)16-10)12-1-3(13-6)7(18)14-4(2-17)9(20)21/h1,4,17H,2H2,(H,14,18)(H,20,21)(H3,11,13,15,16,19)/t4-/m0/s1. The van der Waals surface area contributed by atoms with Gasteiger partial charge in [-0.15, -0.1) is 0 Å². The van der Waals surface area contributed by atoms with Crippen LogP contribution in [0.1, 0.15) is 10.5 Å². The quantitative estimate of drug-likeness (QED) is 0.405. The second-order valence-electron chi connectivity index (χ2n) is 3.93. The van der Waals surface area contributed by atoms with Crippen molar-refractivity contribution in [3.8, 4) is 0 Å². The first-order valence-electron chi connectivity index (χ1n) is 5.59. The van der Waals surface area contributed by atoms with Crippen LogP contribution in [-0.4, -0.2) is 54.7 Å². The van der Waals surface area contributed by atoms with E-state index >= 15 is 0 Å². The molecule has 110 valence electrons. The number of nitrogens with one attached hydrogen (secondary N) is 2. The summed E-state index contributed by atoms with van der Waals surface area (Å²) < 4.78 is 0. The molecule has 0 saturated carbocycles. The molecule has 1 amide bonds. The number of amides is 1. The average molecular weight is 294 g/mol.